The topological polar surface area (TPSA) is 50.9 Å². The molecule has 0 radical (unpaired) electrons. The highest BCUT2D eigenvalue weighted by atomic mass is 35.5. The maximum absolute atomic E-state index is 13.3. The van der Waals surface area contributed by atoms with Crippen LogP contribution in [0.1, 0.15) is 18.1 Å². The van der Waals surface area contributed by atoms with Gasteiger partial charge in [0.05, 0.1) is 10.6 Å². The molecule has 1 N–H and O–H groups in total. The van der Waals surface area contributed by atoms with Crippen molar-refractivity contribution in [1.82, 2.24) is 14.5 Å². The number of nitrogens with zero attached hydrogens (tertiary/aromatic N) is 3. The quantitative estimate of drug-likeness (QED) is 0.615. The summed E-state index contributed by atoms with van der Waals surface area (Å²) in [5, 5.41) is 9.55. The van der Waals surface area contributed by atoms with Crippen molar-refractivity contribution in [2.45, 2.75) is 24.9 Å². The van der Waals surface area contributed by atoms with Crippen LogP contribution in [0.25, 0.3) is 16.9 Å². The molecule has 1 unspecified atom stereocenters. The molecule has 0 amide bonds. The van der Waals surface area contributed by atoms with Gasteiger partial charge in [-0.25, -0.2) is 9.97 Å². The van der Waals surface area contributed by atoms with E-state index in [0.717, 1.165) is 10.8 Å². The number of hydrogen-bond acceptors (Lipinski definition) is 3. The largest absolute Gasteiger partial charge is 0.421 e. The van der Waals surface area contributed by atoms with Crippen LogP contribution in [0.4, 0.5) is 26.3 Å². The van der Waals surface area contributed by atoms with E-state index >= 15 is 0 Å². The van der Waals surface area contributed by atoms with E-state index in [0.29, 0.717) is 19.2 Å². The van der Waals surface area contributed by atoms with Crippen molar-refractivity contribution in [1.29, 1.82) is 0 Å². The highest BCUT2D eigenvalue weighted by Crippen LogP contribution is 2.42. The van der Waals surface area contributed by atoms with Crippen LogP contribution >= 0.6 is 11.6 Å². The second kappa shape index (κ2) is 6.10. The minimum Gasteiger partial charge on any atom is -0.376 e. The molecule has 11 heteroatoms. The molecular weight excluding hydrogens is 400 g/mol. The van der Waals surface area contributed by atoms with Crippen LogP contribution in [0.3, 0.4) is 0 Å². The van der Waals surface area contributed by atoms with Gasteiger partial charge in [0.1, 0.15) is 5.65 Å². The molecule has 3 aromatic rings. The Morgan fingerprint density at radius 2 is 1.78 bits per heavy atom. The summed E-state index contributed by atoms with van der Waals surface area (Å²) >= 11 is 5.89. The molecule has 144 valence electrons. The smallest absolute Gasteiger partial charge is 0.376 e. The first-order valence-electron chi connectivity index (χ1n) is 7.33. The molecule has 3 heterocycles. The maximum atomic E-state index is 13.3. The third-order valence-electron chi connectivity index (χ3n) is 4.02. The fraction of sp³-hybridized carbons (Fsp3) is 0.250. The van der Waals surface area contributed by atoms with Gasteiger partial charge < -0.3 is 5.11 Å². The molecule has 0 saturated heterocycles. The molecular formula is C16H10ClF6N3O. The fourth-order valence-corrected chi connectivity index (χ4v) is 2.78. The Kier molecular flexibility index (Phi) is 4.39. The summed E-state index contributed by atoms with van der Waals surface area (Å²) in [6.45, 7) is 0.570. The first-order chi connectivity index (χ1) is 12.3. The highest BCUT2D eigenvalue weighted by molar-refractivity contribution is 6.32. The van der Waals surface area contributed by atoms with Gasteiger partial charge in [0, 0.05) is 29.5 Å². The fourth-order valence-electron chi connectivity index (χ4n) is 2.52. The molecule has 1 atom stereocenters. The van der Waals surface area contributed by atoms with Gasteiger partial charge >= 0.3 is 12.4 Å². The molecule has 27 heavy (non-hydrogen) atoms. The number of aromatic nitrogens is 3. The van der Waals surface area contributed by atoms with E-state index < -0.39 is 34.1 Å². The zero-order valence-corrected chi connectivity index (χ0v) is 14.2. The molecule has 0 bridgehead atoms. The van der Waals surface area contributed by atoms with Gasteiger partial charge in [-0.15, -0.1) is 0 Å². The predicted octanol–water partition coefficient (Wildman–Crippen LogP) is 4.86. The summed E-state index contributed by atoms with van der Waals surface area (Å²) < 4.78 is 79.1. The second-order valence-corrected chi connectivity index (χ2v) is 6.29. The van der Waals surface area contributed by atoms with Crippen LogP contribution in [0.15, 0.2) is 36.8 Å². The first kappa shape index (κ1) is 19.4. The molecule has 0 aromatic carbocycles. The Morgan fingerprint density at radius 3 is 2.33 bits per heavy atom. The van der Waals surface area contributed by atoms with E-state index in [4.69, 9.17) is 11.6 Å². The van der Waals surface area contributed by atoms with E-state index in [1.807, 2.05) is 0 Å². The molecule has 0 aliphatic heterocycles. The lowest BCUT2D eigenvalue weighted by molar-refractivity contribution is -0.258. The summed E-state index contributed by atoms with van der Waals surface area (Å²) in [6.07, 6.45) is -6.98. The number of fused-ring (bicyclic) bond motifs is 1. The summed E-state index contributed by atoms with van der Waals surface area (Å²) in [7, 11) is 0. The lowest BCUT2D eigenvalue weighted by Crippen LogP contribution is -2.39. The van der Waals surface area contributed by atoms with Crippen molar-refractivity contribution in [3.8, 4) is 5.82 Å². The van der Waals surface area contributed by atoms with Crippen molar-refractivity contribution in [2.75, 3.05) is 0 Å². The summed E-state index contributed by atoms with van der Waals surface area (Å²) in [6, 6.07) is 3.27. The van der Waals surface area contributed by atoms with Gasteiger partial charge in [0.2, 0.25) is 0 Å². The van der Waals surface area contributed by atoms with Crippen molar-refractivity contribution in [3.05, 3.63) is 52.9 Å². The van der Waals surface area contributed by atoms with Gasteiger partial charge in [-0.1, -0.05) is 11.6 Å². The van der Waals surface area contributed by atoms with Crippen LogP contribution < -0.4 is 0 Å². The zero-order chi connectivity index (χ0) is 20.2. The molecule has 3 aromatic heterocycles. The third-order valence-corrected chi connectivity index (χ3v) is 4.30. The van der Waals surface area contributed by atoms with Gasteiger partial charge in [0.25, 0.3) is 0 Å². The zero-order valence-electron chi connectivity index (χ0n) is 13.4. The van der Waals surface area contributed by atoms with Gasteiger partial charge in [-0.3, -0.25) is 4.57 Å². The standard InChI is InChI=1S/C16H10ClF6N3O/c1-14(27,16(21,22)23)10-7-26(12-9(10)3-2-4-24-12)13-11(17)5-8(6-25-13)15(18,19)20/h2-7,27H,1H3. The SMILES string of the molecule is CC(O)(c1cn(-c2ncc(C(F)(F)F)cc2Cl)c2ncccc12)C(F)(F)F. The molecule has 0 saturated carbocycles. The number of pyridine rings is 2. The molecule has 3 rings (SSSR count). The molecule has 0 spiro atoms. The summed E-state index contributed by atoms with van der Waals surface area (Å²) in [4.78, 5) is 7.58. The summed E-state index contributed by atoms with van der Waals surface area (Å²) in [5.41, 5.74) is -4.91. The highest BCUT2D eigenvalue weighted by Gasteiger charge is 2.52. The van der Waals surface area contributed by atoms with E-state index in [9.17, 15) is 31.4 Å². The number of rotatable bonds is 2. The average Bonchev–Trinajstić information content (AvgIpc) is 2.93. The van der Waals surface area contributed by atoms with E-state index in [2.05, 4.69) is 9.97 Å². The Labute approximate surface area is 153 Å². The van der Waals surface area contributed by atoms with Crippen LogP contribution in [0, 0.1) is 0 Å². The van der Waals surface area contributed by atoms with Crippen molar-refractivity contribution < 1.29 is 31.4 Å². The number of alkyl halides is 6. The number of aliphatic hydroxyl groups is 1. The number of halogens is 7. The number of hydrogen-bond donors (Lipinski definition) is 1. The minimum absolute atomic E-state index is 0.0439. The molecule has 0 aliphatic carbocycles. The monoisotopic (exact) mass is 409 g/mol. The molecule has 0 fully saturated rings. The normalized spacial score (nSPS) is 15.1. The lowest BCUT2D eigenvalue weighted by atomic mass is 9.96. The van der Waals surface area contributed by atoms with Crippen molar-refractivity contribution in [3.63, 3.8) is 0 Å². The Balaban J connectivity index is 2.26. The second-order valence-electron chi connectivity index (χ2n) is 5.88. The van der Waals surface area contributed by atoms with E-state index in [1.165, 1.54) is 18.3 Å². The maximum Gasteiger partial charge on any atom is 0.421 e. The van der Waals surface area contributed by atoms with Gasteiger partial charge in [0.15, 0.2) is 11.4 Å². The lowest BCUT2D eigenvalue weighted by Gasteiger charge is -2.25. The van der Waals surface area contributed by atoms with Crippen LogP contribution in [0.5, 0.6) is 0 Å². The predicted molar refractivity (Wildman–Crippen MR) is 84.5 cm³/mol. The molecule has 0 aliphatic rings. The van der Waals surface area contributed by atoms with Crippen LogP contribution in [0.2, 0.25) is 5.02 Å². The third kappa shape index (κ3) is 3.23. The first-order valence-corrected chi connectivity index (χ1v) is 7.70. The summed E-state index contributed by atoms with van der Waals surface area (Å²) in [5.74, 6) is -0.252. The van der Waals surface area contributed by atoms with Crippen LogP contribution in [-0.4, -0.2) is 25.8 Å². The van der Waals surface area contributed by atoms with E-state index in [-0.39, 0.29) is 16.9 Å². The van der Waals surface area contributed by atoms with E-state index in [1.54, 1.807) is 0 Å². The van der Waals surface area contributed by atoms with Gasteiger partial charge in [-0.05, 0) is 25.1 Å². The average molecular weight is 410 g/mol. The van der Waals surface area contributed by atoms with Gasteiger partial charge in [-0.2, -0.15) is 26.3 Å². The Hall–Kier alpha value is -2.33. The Morgan fingerprint density at radius 1 is 1.11 bits per heavy atom. The molecule has 4 nitrogen and oxygen atoms in total. The minimum atomic E-state index is -5.00. The van der Waals surface area contributed by atoms with Crippen LogP contribution in [-0.2, 0) is 11.8 Å². The Bertz CT molecular complexity index is 1010. The van der Waals surface area contributed by atoms with Crippen molar-refractivity contribution in [2.24, 2.45) is 0 Å². The van der Waals surface area contributed by atoms with Crippen molar-refractivity contribution >= 4 is 22.6 Å².